The average molecular weight is 245 g/mol. The summed E-state index contributed by atoms with van der Waals surface area (Å²) < 4.78 is 38.1. The Morgan fingerprint density at radius 2 is 2.00 bits per heavy atom. The number of nitrogens with one attached hydrogen (secondary N) is 1. The fourth-order valence-corrected chi connectivity index (χ4v) is 1.64. The molecule has 3 nitrogen and oxygen atoms in total. The summed E-state index contributed by atoms with van der Waals surface area (Å²) in [5, 5.41) is 2.66. The second kappa shape index (κ2) is 4.09. The van der Waals surface area contributed by atoms with E-state index in [1.54, 1.807) is 19.0 Å². The summed E-state index contributed by atoms with van der Waals surface area (Å²) in [5.74, 6) is 0.606. The summed E-state index contributed by atoms with van der Waals surface area (Å²) in [6, 6.07) is 2.44. The van der Waals surface area contributed by atoms with Crippen LogP contribution in [-0.4, -0.2) is 25.1 Å². The van der Waals surface area contributed by atoms with Crippen LogP contribution in [0.2, 0.25) is 0 Å². The van der Waals surface area contributed by atoms with Crippen LogP contribution >= 0.6 is 0 Å². The molecule has 0 spiro atoms. The molecule has 94 valence electrons. The predicted octanol–water partition coefficient (Wildman–Crippen LogP) is 2.74. The van der Waals surface area contributed by atoms with Gasteiger partial charge in [-0.25, -0.2) is 4.98 Å². The molecule has 1 aromatic heterocycles. The SMILES string of the molecule is CNc1cc(C(F)(F)F)cc(N(C)C2CC2)n1. The van der Waals surface area contributed by atoms with Gasteiger partial charge in [-0.2, -0.15) is 13.2 Å². The van der Waals surface area contributed by atoms with Crippen LogP contribution in [0.15, 0.2) is 12.1 Å². The van der Waals surface area contributed by atoms with Crippen LogP contribution in [0.25, 0.3) is 0 Å². The van der Waals surface area contributed by atoms with Crippen molar-refractivity contribution in [3.8, 4) is 0 Å². The molecule has 0 radical (unpaired) electrons. The topological polar surface area (TPSA) is 28.2 Å². The van der Waals surface area contributed by atoms with Crippen LogP contribution in [0.4, 0.5) is 24.8 Å². The fourth-order valence-electron chi connectivity index (χ4n) is 1.64. The smallest absolute Gasteiger partial charge is 0.373 e. The Morgan fingerprint density at radius 3 is 2.47 bits per heavy atom. The molecule has 1 fully saturated rings. The molecule has 0 unspecified atom stereocenters. The normalized spacial score (nSPS) is 15.8. The van der Waals surface area contributed by atoms with Crippen molar-refractivity contribution in [1.29, 1.82) is 0 Å². The van der Waals surface area contributed by atoms with Crippen LogP contribution in [0, 0.1) is 0 Å². The van der Waals surface area contributed by atoms with Crippen LogP contribution in [-0.2, 0) is 6.18 Å². The highest BCUT2D eigenvalue weighted by Gasteiger charge is 2.33. The van der Waals surface area contributed by atoms with E-state index in [2.05, 4.69) is 10.3 Å². The summed E-state index contributed by atoms with van der Waals surface area (Å²) in [5.41, 5.74) is -0.667. The monoisotopic (exact) mass is 245 g/mol. The predicted molar refractivity (Wildman–Crippen MR) is 60.2 cm³/mol. The Morgan fingerprint density at radius 1 is 1.35 bits per heavy atom. The molecule has 0 saturated heterocycles. The van der Waals surface area contributed by atoms with Gasteiger partial charge in [-0.1, -0.05) is 0 Å². The minimum absolute atomic E-state index is 0.238. The quantitative estimate of drug-likeness (QED) is 0.887. The first-order valence-electron chi connectivity index (χ1n) is 5.41. The molecule has 17 heavy (non-hydrogen) atoms. The van der Waals surface area contributed by atoms with Gasteiger partial charge in [0.25, 0.3) is 0 Å². The highest BCUT2D eigenvalue weighted by molar-refractivity contribution is 5.51. The molecule has 0 bridgehead atoms. The summed E-state index contributed by atoms with van der Waals surface area (Å²) in [4.78, 5) is 5.94. The maximum atomic E-state index is 12.7. The van der Waals surface area contributed by atoms with E-state index in [1.165, 1.54) is 0 Å². The van der Waals surface area contributed by atoms with Crippen molar-refractivity contribution in [2.75, 3.05) is 24.3 Å². The van der Waals surface area contributed by atoms with E-state index in [4.69, 9.17) is 0 Å². The first kappa shape index (κ1) is 12.0. The van der Waals surface area contributed by atoms with Crippen molar-refractivity contribution in [1.82, 2.24) is 4.98 Å². The van der Waals surface area contributed by atoms with Gasteiger partial charge in [-0.3, -0.25) is 0 Å². The van der Waals surface area contributed by atoms with Crippen molar-refractivity contribution < 1.29 is 13.2 Å². The number of halogens is 3. The first-order chi connectivity index (χ1) is 7.91. The number of nitrogens with zero attached hydrogens (tertiary/aromatic N) is 2. The fraction of sp³-hybridized carbons (Fsp3) is 0.545. The van der Waals surface area contributed by atoms with E-state index in [-0.39, 0.29) is 5.82 Å². The van der Waals surface area contributed by atoms with Crippen molar-refractivity contribution in [2.45, 2.75) is 25.1 Å². The zero-order valence-corrected chi connectivity index (χ0v) is 9.67. The maximum Gasteiger partial charge on any atom is 0.416 e. The number of anilines is 2. The Hall–Kier alpha value is -1.46. The van der Waals surface area contributed by atoms with Crippen molar-refractivity contribution in [3.05, 3.63) is 17.7 Å². The van der Waals surface area contributed by atoms with Crippen molar-refractivity contribution >= 4 is 11.6 Å². The van der Waals surface area contributed by atoms with Gasteiger partial charge >= 0.3 is 6.18 Å². The van der Waals surface area contributed by atoms with Crippen LogP contribution in [0.3, 0.4) is 0 Å². The van der Waals surface area contributed by atoms with Gasteiger partial charge in [0.05, 0.1) is 5.56 Å². The maximum absolute atomic E-state index is 12.7. The summed E-state index contributed by atoms with van der Waals surface area (Å²) in [7, 11) is 3.34. The molecule has 0 amide bonds. The van der Waals surface area contributed by atoms with E-state index in [1.807, 2.05) is 0 Å². The lowest BCUT2D eigenvalue weighted by atomic mass is 10.2. The Labute approximate surface area is 97.6 Å². The number of hydrogen-bond donors (Lipinski definition) is 1. The Bertz CT molecular complexity index is 413. The van der Waals surface area contributed by atoms with E-state index in [0.29, 0.717) is 11.9 Å². The number of pyridine rings is 1. The molecule has 1 aliphatic rings. The van der Waals surface area contributed by atoms with Crippen molar-refractivity contribution in [2.24, 2.45) is 0 Å². The molecule has 2 rings (SSSR count). The number of alkyl halides is 3. The summed E-state index contributed by atoms with van der Waals surface area (Å²) in [6.07, 6.45) is -2.31. The molecule has 6 heteroatoms. The van der Waals surface area contributed by atoms with E-state index in [0.717, 1.165) is 25.0 Å². The standard InChI is InChI=1S/C11H14F3N3/c1-15-9-5-7(11(12,13)14)6-10(16-9)17(2)8-3-4-8/h5-6,8H,3-4H2,1-2H3,(H,15,16). The van der Waals surface area contributed by atoms with E-state index >= 15 is 0 Å². The lowest BCUT2D eigenvalue weighted by Gasteiger charge is -2.20. The Balaban J connectivity index is 2.37. The average Bonchev–Trinajstić information content (AvgIpc) is 3.10. The van der Waals surface area contributed by atoms with Gasteiger partial charge in [0.1, 0.15) is 11.6 Å². The molecule has 1 aliphatic carbocycles. The van der Waals surface area contributed by atoms with Gasteiger partial charge in [0.15, 0.2) is 0 Å². The second-order valence-electron chi connectivity index (χ2n) is 4.19. The van der Waals surface area contributed by atoms with Crippen LogP contribution < -0.4 is 10.2 Å². The van der Waals surface area contributed by atoms with E-state index < -0.39 is 11.7 Å². The molecule has 1 aromatic rings. The van der Waals surface area contributed by atoms with Crippen molar-refractivity contribution in [3.63, 3.8) is 0 Å². The lowest BCUT2D eigenvalue weighted by molar-refractivity contribution is -0.137. The molecule has 0 aromatic carbocycles. The van der Waals surface area contributed by atoms with Gasteiger partial charge in [-0.05, 0) is 25.0 Å². The van der Waals surface area contributed by atoms with Gasteiger partial charge < -0.3 is 10.2 Å². The van der Waals surface area contributed by atoms with Gasteiger partial charge in [-0.15, -0.1) is 0 Å². The largest absolute Gasteiger partial charge is 0.416 e. The molecule has 1 N–H and O–H groups in total. The minimum atomic E-state index is -4.34. The first-order valence-corrected chi connectivity index (χ1v) is 5.41. The van der Waals surface area contributed by atoms with Gasteiger partial charge in [0, 0.05) is 20.1 Å². The molecular formula is C11H14F3N3. The molecule has 0 atom stereocenters. The molecule has 1 heterocycles. The molecular weight excluding hydrogens is 231 g/mol. The number of aromatic nitrogens is 1. The van der Waals surface area contributed by atoms with E-state index in [9.17, 15) is 13.2 Å². The lowest BCUT2D eigenvalue weighted by Crippen LogP contribution is -2.22. The third-order valence-corrected chi connectivity index (χ3v) is 2.85. The molecule has 0 aliphatic heterocycles. The zero-order chi connectivity index (χ0) is 12.6. The Kier molecular flexibility index (Phi) is 2.89. The minimum Gasteiger partial charge on any atom is -0.373 e. The van der Waals surface area contributed by atoms with Crippen LogP contribution in [0.5, 0.6) is 0 Å². The zero-order valence-electron chi connectivity index (χ0n) is 9.67. The second-order valence-corrected chi connectivity index (χ2v) is 4.19. The highest BCUT2D eigenvalue weighted by Crippen LogP contribution is 2.35. The molecule has 1 saturated carbocycles. The summed E-state index contributed by atoms with van der Waals surface area (Å²) >= 11 is 0. The number of hydrogen-bond acceptors (Lipinski definition) is 3. The third-order valence-electron chi connectivity index (χ3n) is 2.85. The number of rotatable bonds is 3. The van der Waals surface area contributed by atoms with Gasteiger partial charge in [0.2, 0.25) is 0 Å². The third kappa shape index (κ3) is 2.62. The highest BCUT2D eigenvalue weighted by atomic mass is 19.4. The summed E-state index contributed by atoms with van der Waals surface area (Å²) in [6.45, 7) is 0. The van der Waals surface area contributed by atoms with Crippen LogP contribution in [0.1, 0.15) is 18.4 Å².